The highest BCUT2D eigenvalue weighted by Gasteiger charge is 2.62. The topological polar surface area (TPSA) is 17.1 Å². The standard InChI is InChI=1S/C22H32O/c1-21-11-4-3-5-15(21)8-9-16-18(21)10-12-22(2)19(16)13-17(20(22)23)14-6-7-14/h8,14,16-19H,3-7,9-13H2,1-2H3/t16-,17?,18+,19+,21+,22+/m1/s1. The van der Waals surface area contributed by atoms with Crippen molar-refractivity contribution in [3.63, 3.8) is 0 Å². The van der Waals surface area contributed by atoms with E-state index in [0.717, 1.165) is 17.8 Å². The lowest BCUT2D eigenvalue weighted by molar-refractivity contribution is -0.134. The lowest BCUT2D eigenvalue weighted by atomic mass is 9.48. The second-order valence-electron chi connectivity index (χ2n) is 9.97. The van der Waals surface area contributed by atoms with Crippen molar-refractivity contribution in [2.75, 3.05) is 0 Å². The summed E-state index contributed by atoms with van der Waals surface area (Å²) in [6, 6.07) is 0. The normalized spacial score (nSPS) is 52.4. The summed E-state index contributed by atoms with van der Waals surface area (Å²) in [6.07, 6.45) is 15.9. The van der Waals surface area contributed by atoms with Crippen molar-refractivity contribution in [3.05, 3.63) is 11.6 Å². The Bertz CT molecular complexity index is 571. The molecular weight excluding hydrogens is 280 g/mol. The summed E-state index contributed by atoms with van der Waals surface area (Å²) in [4.78, 5) is 13.2. The number of Topliss-reactive ketones (excluding diaryl/α,β-unsaturated/α-hetero) is 1. The largest absolute Gasteiger partial charge is 0.299 e. The van der Waals surface area contributed by atoms with Gasteiger partial charge < -0.3 is 0 Å². The molecule has 5 aliphatic carbocycles. The van der Waals surface area contributed by atoms with Crippen LogP contribution in [0.2, 0.25) is 0 Å². The Kier molecular flexibility index (Phi) is 3.03. The van der Waals surface area contributed by atoms with Crippen LogP contribution in [0.25, 0.3) is 0 Å². The molecule has 4 saturated carbocycles. The molecule has 0 heterocycles. The van der Waals surface area contributed by atoms with E-state index in [-0.39, 0.29) is 5.41 Å². The van der Waals surface area contributed by atoms with Crippen LogP contribution < -0.4 is 0 Å². The average Bonchev–Trinajstić information content (AvgIpc) is 3.33. The minimum absolute atomic E-state index is 0.0325. The van der Waals surface area contributed by atoms with E-state index < -0.39 is 0 Å². The minimum Gasteiger partial charge on any atom is -0.299 e. The van der Waals surface area contributed by atoms with E-state index in [4.69, 9.17) is 0 Å². The molecule has 1 nitrogen and oxygen atoms in total. The fourth-order valence-electron chi connectivity index (χ4n) is 7.47. The van der Waals surface area contributed by atoms with Crippen molar-refractivity contribution in [2.45, 2.75) is 78.1 Å². The zero-order chi connectivity index (χ0) is 15.8. The maximum absolute atomic E-state index is 13.2. The Morgan fingerprint density at radius 3 is 2.61 bits per heavy atom. The van der Waals surface area contributed by atoms with E-state index in [1.54, 1.807) is 5.57 Å². The molecule has 0 saturated heterocycles. The average molecular weight is 312 g/mol. The molecule has 5 aliphatic rings. The van der Waals surface area contributed by atoms with Crippen LogP contribution in [0.1, 0.15) is 78.1 Å². The molecule has 1 heteroatoms. The zero-order valence-corrected chi connectivity index (χ0v) is 14.9. The van der Waals surface area contributed by atoms with Gasteiger partial charge in [-0.15, -0.1) is 0 Å². The summed E-state index contributed by atoms with van der Waals surface area (Å²) >= 11 is 0. The lowest BCUT2D eigenvalue weighted by Crippen LogP contribution is -2.49. The van der Waals surface area contributed by atoms with Crippen molar-refractivity contribution in [1.82, 2.24) is 0 Å². The first kappa shape index (κ1) is 14.7. The molecule has 6 atom stereocenters. The third kappa shape index (κ3) is 1.89. The van der Waals surface area contributed by atoms with Crippen LogP contribution in [0.4, 0.5) is 0 Å². The molecule has 0 bridgehead atoms. The molecule has 0 spiro atoms. The van der Waals surface area contributed by atoms with Crippen molar-refractivity contribution < 1.29 is 4.79 Å². The number of fused-ring (bicyclic) bond motifs is 5. The van der Waals surface area contributed by atoms with Crippen molar-refractivity contribution in [2.24, 2.45) is 40.4 Å². The molecule has 0 aromatic carbocycles. The SMILES string of the molecule is C[C@]12CCCCC1=CC[C@@H]1[C@@H]2CC[C@]2(C)C(=O)C(C3CC3)C[C@@H]12. The predicted octanol–water partition coefficient (Wildman–Crippen LogP) is 5.54. The van der Waals surface area contributed by atoms with Crippen LogP contribution in [0, 0.1) is 40.4 Å². The molecule has 0 aromatic rings. The molecule has 126 valence electrons. The fraction of sp³-hybridized carbons (Fsp3) is 0.864. The molecule has 0 aliphatic heterocycles. The Labute approximate surface area is 141 Å². The van der Waals surface area contributed by atoms with Gasteiger partial charge in [-0.2, -0.15) is 0 Å². The van der Waals surface area contributed by atoms with Gasteiger partial charge in [0.1, 0.15) is 5.78 Å². The maximum atomic E-state index is 13.2. The van der Waals surface area contributed by atoms with Gasteiger partial charge in [-0.05, 0) is 86.9 Å². The van der Waals surface area contributed by atoms with Crippen LogP contribution in [0.15, 0.2) is 11.6 Å². The third-order valence-electron chi connectivity index (χ3n) is 9.01. The van der Waals surface area contributed by atoms with E-state index in [9.17, 15) is 4.79 Å². The second kappa shape index (κ2) is 4.73. The van der Waals surface area contributed by atoms with Gasteiger partial charge in [0, 0.05) is 11.3 Å². The van der Waals surface area contributed by atoms with Crippen LogP contribution in [0.5, 0.6) is 0 Å². The molecule has 4 fully saturated rings. The highest BCUT2D eigenvalue weighted by Crippen LogP contribution is 2.66. The van der Waals surface area contributed by atoms with E-state index in [1.165, 1.54) is 64.2 Å². The van der Waals surface area contributed by atoms with Crippen LogP contribution in [-0.4, -0.2) is 5.78 Å². The molecule has 0 aromatic heterocycles. The summed E-state index contributed by atoms with van der Waals surface area (Å²) in [6.45, 7) is 4.92. The molecule has 23 heavy (non-hydrogen) atoms. The summed E-state index contributed by atoms with van der Waals surface area (Å²) < 4.78 is 0. The fourth-order valence-corrected chi connectivity index (χ4v) is 7.47. The number of allylic oxidation sites excluding steroid dienone is 2. The number of rotatable bonds is 1. The molecule has 5 rings (SSSR count). The first-order valence-corrected chi connectivity index (χ1v) is 10.3. The zero-order valence-electron chi connectivity index (χ0n) is 14.9. The second-order valence-corrected chi connectivity index (χ2v) is 9.97. The monoisotopic (exact) mass is 312 g/mol. The smallest absolute Gasteiger partial charge is 0.142 e. The Balaban J connectivity index is 1.50. The summed E-state index contributed by atoms with van der Waals surface area (Å²) in [7, 11) is 0. The number of hydrogen-bond acceptors (Lipinski definition) is 1. The predicted molar refractivity (Wildman–Crippen MR) is 92.9 cm³/mol. The first-order valence-electron chi connectivity index (χ1n) is 10.3. The third-order valence-corrected chi connectivity index (χ3v) is 9.01. The number of carbonyl (C=O) groups is 1. The van der Waals surface area contributed by atoms with Gasteiger partial charge in [0.2, 0.25) is 0 Å². The van der Waals surface area contributed by atoms with E-state index in [0.29, 0.717) is 23.0 Å². The highest BCUT2D eigenvalue weighted by molar-refractivity contribution is 5.90. The molecule has 0 amide bonds. The molecule has 0 N–H and O–H groups in total. The lowest BCUT2D eigenvalue weighted by Gasteiger charge is -2.56. The van der Waals surface area contributed by atoms with Crippen LogP contribution >= 0.6 is 0 Å². The first-order chi connectivity index (χ1) is 11.0. The molecule has 1 unspecified atom stereocenters. The summed E-state index contributed by atoms with van der Waals surface area (Å²) in [5.74, 6) is 4.24. The van der Waals surface area contributed by atoms with Crippen LogP contribution in [-0.2, 0) is 4.79 Å². The Morgan fingerprint density at radius 1 is 1.00 bits per heavy atom. The maximum Gasteiger partial charge on any atom is 0.142 e. The van der Waals surface area contributed by atoms with Gasteiger partial charge in [-0.25, -0.2) is 0 Å². The van der Waals surface area contributed by atoms with Gasteiger partial charge in [0.05, 0.1) is 0 Å². The van der Waals surface area contributed by atoms with Crippen LogP contribution in [0.3, 0.4) is 0 Å². The quantitative estimate of drug-likeness (QED) is 0.581. The van der Waals surface area contributed by atoms with Crippen molar-refractivity contribution in [1.29, 1.82) is 0 Å². The van der Waals surface area contributed by atoms with E-state index in [2.05, 4.69) is 19.9 Å². The molecule has 0 radical (unpaired) electrons. The number of ketones is 1. The van der Waals surface area contributed by atoms with Gasteiger partial charge in [-0.3, -0.25) is 4.79 Å². The van der Waals surface area contributed by atoms with E-state index in [1.807, 2.05) is 0 Å². The molecular formula is C22H32O. The Morgan fingerprint density at radius 2 is 1.83 bits per heavy atom. The number of carbonyl (C=O) groups excluding carboxylic acids is 1. The van der Waals surface area contributed by atoms with E-state index >= 15 is 0 Å². The number of hydrogen-bond donors (Lipinski definition) is 0. The summed E-state index contributed by atoms with van der Waals surface area (Å²) in [5.41, 5.74) is 2.30. The summed E-state index contributed by atoms with van der Waals surface area (Å²) in [5, 5.41) is 0. The van der Waals surface area contributed by atoms with Crippen molar-refractivity contribution in [3.8, 4) is 0 Å². The van der Waals surface area contributed by atoms with Gasteiger partial charge in [-0.1, -0.05) is 31.9 Å². The van der Waals surface area contributed by atoms with Gasteiger partial charge in [0.15, 0.2) is 0 Å². The van der Waals surface area contributed by atoms with Gasteiger partial charge >= 0.3 is 0 Å². The van der Waals surface area contributed by atoms with Gasteiger partial charge in [0.25, 0.3) is 0 Å². The Hall–Kier alpha value is -0.590. The van der Waals surface area contributed by atoms with Crippen molar-refractivity contribution >= 4 is 5.78 Å². The minimum atomic E-state index is 0.0325. The highest BCUT2D eigenvalue weighted by atomic mass is 16.1.